The van der Waals surface area contributed by atoms with E-state index in [1.54, 1.807) is 0 Å². The minimum atomic E-state index is 0.776. The molecule has 0 amide bonds. The molecule has 52 valence electrons. The zero-order chi connectivity index (χ0) is 6.27. The molecule has 9 heavy (non-hydrogen) atoms. The zero-order valence-corrected chi connectivity index (χ0v) is 7.60. The highest BCUT2D eigenvalue weighted by Crippen LogP contribution is 2.36. The van der Waals surface area contributed by atoms with Gasteiger partial charge in [0, 0.05) is 6.04 Å². The summed E-state index contributed by atoms with van der Waals surface area (Å²) >= 11 is 2.51. The van der Waals surface area contributed by atoms with E-state index in [9.17, 15) is 0 Å². The predicted octanol–water partition coefficient (Wildman–Crippen LogP) is 1.91. The van der Waals surface area contributed by atoms with Crippen molar-refractivity contribution < 1.29 is 0 Å². The minimum Gasteiger partial charge on any atom is -0.302 e. The second-order valence-electron chi connectivity index (χ2n) is 3.17. The average Bonchev–Trinajstić information content (AvgIpc) is 2.22. The summed E-state index contributed by atoms with van der Waals surface area (Å²) in [6, 6.07) is 0.895. The first-order chi connectivity index (χ1) is 4.36. The molecule has 2 fully saturated rings. The van der Waals surface area contributed by atoms with Gasteiger partial charge in [0.2, 0.25) is 0 Å². The molecular weight excluding hydrogens is 225 g/mol. The second kappa shape index (κ2) is 2.38. The van der Waals surface area contributed by atoms with Gasteiger partial charge >= 0.3 is 0 Å². The number of rotatable bonds is 0. The first-order valence-electron chi connectivity index (χ1n) is 3.76. The molecule has 0 unspecified atom stereocenters. The van der Waals surface area contributed by atoms with Crippen molar-refractivity contribution in [3.63, 3.8) is 0 Å². The standard InChI is InChI=1S/C7H12IN/c8-7-4-5-2-1-3-6(5)9-7/h5-7,9H,1-4H2/t5-,6-,7-/m0/s1. The highest BCUT2D eigenvalue weighted by Gasteiger charge is 2.35. The lowest BCUT2D eigenvalue weighted by Crippen LogP contribution is -2.25. The van der Waals surface area contributed by atoms with E-state index in [4.69, 9.17) is 0 Å². The van der Waals surface area contributed by atoms with Crippen molar-refractivity contribution in [1.82, 2.24) is 5.32 Å². The number of nitrogens with one attached hydrogen (secondary N) is 1. The van der Waals surface area contributed by atoms with Gasteiger partial charge in [-0.2, -0.15) is 0 Å². The summed E-state index contributed by atoms with van der Waals surface area (Å²) in [4.78, 5) is 0. The molecule has 0 aromatic heterocycles. The third-order valence-corrected chi connectivity index (χ3v) is 3.43. The molecule has 0 spiro atoms. The lowest BCUT2D eigenvalue weighted by molar-refractivity contribution is 0.518. The van der Waals surface area contributed by atoms with Crippen LogP contribution in [0, 0.1) is 5.92 Å². The summed E-state index contributed by atoms with van der Waals surface area (Å²) in [5.41, 5.74) is 0. The van der Waals surface area contributed by atoms with Gasteiger partial charge in [-0.25, -0.2) is 0 Å². The fourth-order valence-electron chi connectivity index (χ4n) is 2.10. The summed E-state index contributed by atoms with van der Waals surface area (Å²) in [5.74, 6) is 1.03. The van der Waals surface area contributed by atoms with E-state index >= 15 is 0 Å². The van der Waals surface area contributed by atoms with Gasteiger partial charge in [-0.15, -0.1) is 0 Å². The normalized spacial score (nSPS) is 49.7. The van der Waals surface area contributed by atoms with Gasteiger partial charge in [-0.3, -0.25) is 0 Å². The molecule has 0 radical (unpaired) electrons. The lowest BCUT2D eigenvalue weighted by Gasteiger charge is -2.06. The Labute approximate surface area is 69.7 Å². The van der Waals surface area contributed by atoms with Crippen molar-refractivity contribution in [3.05, 3.63) is 0 Å². The third-order valence-electron chi connectivity index (χ3n) is 2.56. The summed E-state index contributed by atoms with van der Waals surface area (Å²) < 4.78 is 0.776. The van der Waals surface area contributed by atoms with E-state index in [1.807, 2.05) is 0 Å². The van der Waals surface area contributed by atoms with Crippen LogP contribution in [0.5, 0.6) is 0 Å². The van der Waals surface area contributed by atoms with Crippen LogP contribution in [0.1, 0.15) is 25.7 Å². The molecule has 1 aliphatic heterocycles. The average molecular weight is 237 g/mol. The van der Waals surface area contributed by atoms with E-state index in [2.05, 4.69) is 27.9 Å². The molecule has 1 saturated heterocycles. The van der Waals surface area contributed by atoms with Crippen LogP contribution < -0.4 is 5.32 Å². The second-order valence-corrected chi connectivity index (χ2v) is 4.67. The Balaban J connectivity index is 2.02. The third kappa shape index (κ3) is 1.11. The number of alkyl halides is 1. The maximum absolute atomic E-state index is 3.60. The molecule has 0 aromatic carbocycles. The van der Waals surface area contributed by atoms with Crippen molar-refractivity contribution >= 4 is 22.6 Å². The van der Waals surface area contributed by atoms with Crippen molar-refractivity contribution in [2.24, 2.45) is 5.92 Å². The molecule has 1 N–H and O–H groups in total. The van der Waals surface area contributed by atoms with Crippen LogP contribution in [-0.4, -0.2) is 10.1 Å². The molecule has 2 heteroatoms. The Morgan fingerprint density at radius 2 is 2.22 bits per heavy atom. The molecule has 1 heterocycles. The van der Waals surface area contributed by atoms with Crippen molar-refractivity contribution in [2.45, 2.75) is 35.8 Å². The van der Waals surface area contributed by atoms with Gasteiger partial charge in [0.15, 0.2) is 0 Å². The highest BCUT2D eigenvalue weighted by atomic mass is 127. The Hall–Kier alpha value is 0.690. The van der Waals surface area contributed by atoms with Crippen molar-refractivity contribution in [2.75, 3.05) is 0 Å². The number of hydrogen-bond donors (Lipinski definition) is 1. The van der Waals surface area contributed by atoms with Gasteiger partial charge in [-0.1, -0.05) is 29.0 Å². The smallest absolute Gasteiger partial charge is 0.0599 e. The molecule has 1 aliphatic carbocycles. The summed E-state index contributed by atoms with van der Waals surface area (Å²) in [5, 5.41) is 3.60. The quantitative estimate of drug-likeness (QED) is 0.385. The predicted molar refractivity (Wildman–Crippen MR) is 46.7 cm³/mol. The Kier molecular flexibility index (Phi) is 1.69. The van der Waals surface area contributed by atoms with Gasteiger partial charge in [0.05, 0.1) is 4.05 Å². The molecule has 2 rings (SSSR count). The van der Waals surface area contributed by atoms with E-state index in [0.717, 1.165) is 16.0 Å². The first kappa shape index (κ1) is 6.40. The SMILES string of the molecule is I[C@@H]1C[C@@H]2CCC[C@@H]2N1. The summed E-state index contributed by atoms with van der Waals surface area (Å²) in [7, 11) is 0. The zero-order valence-electron chi connectivity index (χ0n) is 5.44. The van der Waals surface area contributed by atoms with E-state index in [-0.39, 0.29) is 0 Å². The lowest BCUT2D eigenvalue weighted by atomic mass is 10.1. The maximum atomic E-state index is 3.60. The van der Waals surface area contributed by atoms with Crippen LogP contribution in [0.3, 0.4) is 0 Å². The monoisotopic (exact) mass is 237 g/mol. The van der Waals surface area contributed by atoms with Gasteiger partial charge in [0.1, 0.15) is 0 Å². The van der Waals surface area contributed by atoms with E-state index in [0.29, 0.717) is 0 Å². The molecule has 1 nitrogen and oxygen atoms in total. The maximum Gasteiger partial charge on any atom is 0.0599 e. The van der Waals surface area contributed by atoms with Crippen LogP contribution >= 0.6 is 22.6 Å². The van der Waals surface area contributed by atoms with E-state index < -0.39 is 0 Å². The van der Waals surface area contributed by atoms with Crippen LogP contribution in [-0.2, 0) is 0 Å². The first-order valence-corrected chi connectivity index (χ1v) is 5.01. The minimum absolute atomic E-state index is 0.776. The Morgan fingerprint density at radius 3 is 3.00 bits per heavy atom. The van der Waals surface area contributed by atoms with Crippen molar-refractivity contribution in [3.8, 4) is 0 Å². The molecule has 2 aliphatic rings. The van der Waals surface area contributed by atoms with Crippen LogP contribution in [0.25, 0.3) is 0 Å². The number of fused-ring (bicyclic) bond motifs is 1. The van der Waals surface area contributed by atoms with Crippen LogP contribution in [0.2, 0.25) is 0 Å². The fourth-order valence-corrected chi connectivity index (χ4v) is 3.22. The Bertz CT molecular complexity index is 103. The largest absolute Gasteiger partial charge is 0.302 e. The van der Waals surface area contributed by atoms with E-state index in [1.165, 1.54) is 25.7 Å². The van der Waals surface area contributed by atoms with Crippen LogP contribution in [0.15, 0.2) is 0 Å². The van der Waals surface area contributed by atoms with Crippen molar-refractivity contribution in [1.29, 1.82) is 0 Å². The van der Waals surface area contributed by atoms with Crippen LogP contribution in [0.4, 0.5) is 0 Å². The highest BCUT2D eigenvalue weighted by molar-refractivity contribution is 14.1. The molecule has 0 aromatic rings. The molecule has 0 bridgehead atoms. The number of halogens is 1. The summed E-state index contributed by atoms with van der Waals surface area (Å²) in [6.45, 7) is 0. The number of hydrogen-bond acceptors (Lipinski definition) is 1. The van der Waals surface area contributed by atoms with Gasteiger partial charge in [-0.05, 0) is 25.2 Å². The molecule has 1 saturated carbocycles. The fraction of sp³-hybridized carbons (Fsp3) is 1.00. The molecule has 3 atom stereocenters. The molecular formula is C7H12IN. The van der Waals surface area contributed by atoms with Gasteiger partial charge in [0.25, 0.3) is 0 Å². The topological polar surface area (TPSA) is 12.0 Å². The Morgan fingerprint density at radius 1 is 1.33 bits per heavy atom. The van der Waals surface area contributed by atoms with Gasteiger partial charge < -0.3 is 5.32 Å². The summed E-state index contributed by atoms with van der Waals surface area (Å²) in [6.07, 6.45) is 5.80.